The molecule has 5 nitrogen and oxygen atoms in total. The van der Waals surface area contributed by atoms with E-state index in [0.29, 0.717) is 17.2 Å². The highest BCUT2D eigenvalue weighted by Gasteiger charge is 2.08. The Morgan fingerprint density at radius 2 is 2.39 bits per heavy atom. The molecule has 0 fully saturated rings. The number of rotatable bonds is 3. The number of aromatic amines is 1. The summed E-state index contributed by atoms with van der Waals surface area (Å²) in [6.07, 6.45) is 0. The van der Waals surface area contributed by atoms with Crippen LogP contribution in [0, 0.1) is 4.77 Å². The van der Waals surface area contributed by atoms with E-state index in [1.807, 2.05) is 21.5 Å². The molecule has 1 N–H and O–H groups in total. The molecule has 0 spiro atoms. The Balaban J connectivity index is 2.14. The average Bonchev–Trinajstić information content (AvgIpc) is 2.99. The van der Waals surface area contributed by atoms with Crippen LogP contribution in [0.2, 0.25) is 0 Å². The molecule has 0 bridgehead atoms. The number of ether oxygens (including phenoxy) is 1. The van der Waals surface area contributed by atoms with Crippen molar-refractivity contribution in [1.82, 2.24) is 19.5 Å². The van der Waals surface area contributed by atoms with Crippen LogP contribution in [-0.2, 0) is 6.54 Å². The van der Waals surface area contributed by atoms with Crippen molar-refractivity contribution >= 4 is 34.7 Å². The van der Waals surface area contributed by atoms with E-state index in [1.165, 1.54) is 0 Å². The number of aromatic nitrogens is 4. The predicted molar refractivity (Wildman–Crippen MR) is 72.7 cm³/mol. The number of nitrogens with one attached hydrogen (secondary N) is 1. The molecule has 0 aliphatic heterocycles. The summed E-state index contributed by atoms with van der Waals surface area (Å²) in [6.45, 7) is 0.614. The van der Waals surface area contributed by atoms with Gasteiger partial charge in [-0.1, -0.05) is 0 Å². The SMILES string of the molecule is COc1ccc2[nH]c(=S)n(Cc3cscn3)c2n1. The minimum absolute atomic E-state index is 0.573. The van der Waals surface area contributed by atoms with Crippen molar-refractivity contribution in [3.05, 3.63) is 33.5 Å². The first-order valence-corrected chi connectivity index (χ1v) is 6.63. The fourth-order valence-corrected chi connectivity index (χ4v) is 2.56. The Morgan fingerprint density at radius 3 is 3.11 bits per heavy atom. The van der Waals surface area contributed by atoms with Gasteiger partial charge in [-0.05, 0) is 18.3 Å². The monoisotopic (exact) mass is 278 g/mol. The van der Waals surface area contributed by atoms with E-state index in [0.717, 1.165) is 16.9 Å². The molecule has 3 rings (SSSR count). The van der Waals surface area contributed by atoms with Crippen molar-refractivity contribution in [1.29, 1.82) is 0 Å². The predicted octanol–water partition coefficient (Wildman–Crippen LogP) is 2.61. The van der Waals surface area contributed by atoms with Gasteiger partial charge in [0.05, 0.1) is 30.4 Å². The second kappa shape index (κ2) is 4.51. The van der Waals surface area contributed by atoms with Crippen molar-refractivity contribution in [3.8, 4) is 5.88 Å². The first kappa shape index (κ1) is 11.4. The first-order chi connectivity index (χ1) is 8.78. The van der Waals surface area contributed by atoms with E-state index in [2.05, 4.69) is 15.0 Å². The molecule has 0 amide bonds. The Kier molecular flexibility index (Phi) is 2.85. The van der Waals surface area contributed by atoms with E-state index < -0.39 is 0 Å². The summed E-state index contributed by atoms with van der Waals surface area (Å²) < 4.78 is 7.69. The fraction of sp³-hybridized carbons (Fsp3) is 0.182. The molecule has 0 radical (unpaired) electrons. The Bertz CT molecular complexity index is 729. The number of hydrogen-bond acceptors (Lipinski definition) is 5. The van der Waals surface area contributed by atoms with Crippen molar-refractivity contribution in [2.75, 3.05) is 7.11 Å². The third kappa shape index (κ3) is 1.91. The van der Waals surface area contributed by atoms with Crippen LogP contribution >= 0.6 is 23.6 Å². The number of H-pyrrole nitrogens is 1. The standard InChI is InChI=1S/C11H10N4OS2/c1-16-9-3-2-8-10(14-9)15(11(17)13-8)4-7-5-18-6-12-7/h2-3,5-6H,4H2,1H3,(H,13,17). The normalized spacial score (nSPS) is 10.9. The molecule has 0 atom stereocenters. The van der Waals surface area contributed by atoms with Gasteiger partial charge >= 0.3 is 0 Å². The second-order valence-electron chi connectivity index (χ2n) is 3.72. The number of imidazole rings is 1. The summed E-state index contributed by atoms with van der Waals surface area (Å²) in [7, 11) is 1.60. The van der Waals surface area contributed by atoms with Gasteiger partial charge in [0.15, 0.2) is 10.4 Å². The summed E-state index contributed by atoms with van der Waals surface area (Å²) >= 11 is 6.87. The number of methoxy groups -OCH3 is 1. The van der Waals surface area contributed by atoms with E-state index in [9.17, 15) is 0 Å². The van der Waals surface area contributed by atoms with Gasteiger partial charge in [0.2, 0.25) is 5.88 Å². The number of thiazole rings is 1. The molecule has 0 unspecified atom stereocenters. The van der Waals surface area contributed by atoms with Crippen LogP contribution in [-0.4, -0.2) is 26.6 Å². The van der Waals surface area contributed by atoms with Gasteiger partial charge in [0.1, 0.15) is 0 Å². The van der Waals surface area contributed by atoms with Crippen LogP contribution < -0.4 is 4.74 Å². The molecule has 92 valence electrons. The molecule has 0 aliphatic carbocycles. The number of fused-ring (bicyclic) bond motifs is 1. The zero-order valence-corrected chi connectivity index (χ0v) is 11.2. The first-order valence-electron chi connectivity index (χ1n) is 5.28. The highest BCUT2D eigenvalue weighted by molar-refractivity contribution is 7.71. The topological polar surface area (TPSA) is 55.7 Å². The van der Waals surface area contributed by atoms with E-state index in [1.54, 1.807) is 24.5 Å². The Labute approximate surface area is 112 Å². The summed E-state index contributed by atoms with van der Waals surface area (Å²) in [4.78, 5) is 11.8. The maximum atomic E-state index is 5.31. The van der Waals surface area contributed by atoms with Gasteiger partial charge in [0.25, 0.3) is 0 Å². The summed E-state index contributed by atoms with van der Waals surface area (Å²) in [6, 6.07) is 3.72. The lowest BCUT2D eigenvalue weighted by molar-refractivity contribution is 0.399. The molecule has 3 aromatic heterocycles. The maximum Gasteiger partial charge on any atom is 0.215 e. The van der Waals surface area contributed by atoms with Gasteiger partial charge in [-0.3, -0.25) is 4.57 Å². The van der Waals surface area contributed by atoms with E-state index >= 15 is 0 Å². The molecular formula is C11H10N4OS2. The Hall–Kier alpha value is -1.73. The molecule has 0 saturated heterocycles. The van der Waals surface area contributed by atoms with Gasteiger partial charge in [-0.15, -0.1) is 11.3 Å². The van der Waals surface area contributed by atoms with Crippen LogP contribution in [0.1, 0.15) is 5.69 Å². The number of nitrogens with zero attached hydrogens (tertiary/aromatic N) is 3. The Morgan fingerprint density at radius 1 is 1.50 bits per heavy atom. The molecule has 0 aliphatic rings. The average molecular weight is 278 g/mol. The molecule has 3 aromatic rings. The van der Waals surface area contributed by atoms with Crippen molar-refractivity contribution in [2.45, 2.75) is 6.54 Å². The number of pyridine rings is 1. The summed E-state index contributed by atoms with van der Waals surface area (Å²) in [5, 5.41) is 2.00. The number of hydrogen-bond donors (Lipinski definition) is 1. The van der Waals surface area contributed by atoms with Gasteiger partial charge < -0.3 is 9.72 Å². The smallest absolute Gasteiger partial charge is 0.215 e. The molecular weight excluding hydrogens is 268 g/mol. The van der Waals surface area contributed by atoms with Gasteiger partial charge in [-0.2, -0.15) is 4.98 Å². The highest BCUT2D eigenvalue weighted by Crippen LogP contribution is 2.17. The third-order valence-corrected chi connectivity index (χ3v) is 3.56. The van der Waals surface area contributed by atoms with Crippen LogP contribution in [0.3, 0.4) is 0 Å². The third-order valence-electron chi connectivity index (χ3n) is 2.60. The lowest BCUT2D eigenvalue weighted by Gasteiger charge is -2.02. The molecule has 18 heavy (non-hydrogen) atoms. The van der Waals surface area contributed by atoms with Crippen LogP contribution in [0.15, 0.2) is 23.0 Å². The van der Waals surface area contributed by atoms with Gasteiger partial charge in [0, 0.05) is 11.4 Å². The summed E-state index contributed by atoms with van der Waals surface area (Å²) in [5.41, 5.74) is 4.46. The van der Waals surface area contributed by atoms with Gasteiger partial charge in [-0.25, -0.2) is 4.98 Å². The minimum atomic E-state index is 0.573. The molecule has 0 saturated carbocycles. The zero-order chi connectivity index (χ0) is 12.5. The minimum Gasteiger partial charge on any atom is -0.481 e. The van der Waals surface area contributed by atoms with Crippen molar-refractivity contribution in [3.63, 3.8) is 0 Å². The van der Waals surface area contributed by atoms with E-state index in [-0.39, 0.29) is 0 Å². The summed E-state index contributed by atoms with van der Waals surface area (Å²) in [5.74, 6) is 0.573. The molecule has 0 aromatic carbocycles. The van der Waals surface area contributed by atoms with Crippen LogP contribution in [0.5, 0.6) is 5.88 Å². The van der Waals surface area contributed by atoms with Crippen LogP contribution in [0.25, 0.3) is 11.2 Å². The lowest BCUT2D eigenvalue weighted by Crippen LogP contribution is -2.01. The molecule has 3 heterocycles. The van der Waals surface area contributed by atoms with Crippen molar-refractivity contribution < 1.29 is 4.74 Å². The second-order valence-corrected chi connectivity index (χ2v) is 4.83. The highest BCUT2D eigenvalue weighted by atomic mass is 32.1. The van der Waals surface area contributed by atoms with E-state index in [4.69, 9.17) is 17.0 Å². The largest absolute Gasteiger partial charge is 0.481 e. The van der Waals surface area contributed by atoms with Crippen LogP contribution in [0.4, 0.5) is 0 Å². The molecule has 7 heteroatoms. The maximum absolute atomic E-state index is 5.31. The van der Waals surface area contributed by atoms with Crippen molar-refractivity contribution in [2.24, 2.45) is 0 Å². The zero-order valence-electron chi connectivity index (χ0n) is 9.58. The quantitative estimate of drug-likeness (QED) is 0.748. The lowest BCUT2D eigenvalue weighted by atomic mass is 10.4. The fourth-order valence-electron chi connectivity index (χ4n) is 1.75.